The zero-order valence-corrected chi connectivity index (χ0v) is 17.2. The zero-order chi connectivity index (χ0) is 21.4. The molecular formula is C24H22FN5O. The molecule has 4 aromatic rings. The first-order chi connectivity index (χ1) is 15.1. The Kier molecular flexibility index (Phi) is 4.86. The van der Waals surface area contributed by atoms with Gasteiger partial charge in [0.1, 0.15) is 17.2 Å². The van der Waals surface area contributed by atoms with Crippen LogP contribution in [0.2, 0.25) is 0 Å². The fourth-order valence-electron chi connectivity index (χ4n) is 4.11. The quantitative estimate of drug-likeness (QED) is 0.512. The average Bonchev–Trinajstić information content (AvgIpc) is 3.16. The lowest BCUT2D eigenvalue weighted by Gasteiger charge is -2.36. The summed E-state index contributed by atoms with van der Waals surface area (Å²) in [5.74, 6) is 0.520. The number of anilines is 1. The summed E-state index contributed by atoms with van der Waals surface area (Å²) in [6, 6.07) is 18.1. The van der Waals surface area contributed by atoms with Crippen LogP contribution in [-0.4, -0.2) is 51.5 Å². The highest BCUT2D eigenvalue weighted by Crippen LogP contribution is 2.25. The third-order valence-corrected chi connectivity index (χ3v) is 5.76. The minimum atomic E-state index is -0.230. The van der Waals surface area contributed by atoms with Gasteiger partial charge in [0.05, 0.1) is 5.69 Å². The predicted octanol–water partition coefficient (Wildman–Crippen LogP) is 3.74. The number of hydrogen-bond acceptors (Lipinski definition) is 4. The van der Waals surface area contributed by atoms with Crippen LogP contribution >= 0.6 is 0 Å². The Morgan fingerprint density at radius 1 is 0.968 bits per heavy atom. The first-order valence-corrected chi connectivity index (χ1v) is 10.3. The van der Waals surface area contributed by atoms with Gasteiger partial charge < -0.3 is 14.4 Å². The second-order valence-corrected chi connectivity index (χ2v) is 7.65. The molecule has 156 valence electrons. The standard InChI is InChI=1S/C24H22FN5O/c1-28-22(27-20-9-5-11-26-23(20)28)17-6-4-7-18(16-17)24(31)30-14-12-29(13-15-30)21-10-3-2-8-19(21)25/h2-11,16H,12-15H2,1H3. The van der Waals surface area contributed by atoms with Crippen LogP contribution < -0.4 is 4.90 Å². The monoisotopic (exact) mass is 415 g/mol. The van der Waals surface area contributed by atoms with Gasteiger partial charge in [-0.15, -0.1) is 0 Å². The van der Waals surface area contributed by atoms with Gasteiger partial charge in [-0.05, 0) is 36.4 Å². The van der Waals surface area contributed by atoms with E-state index in [1.54, 1.807) is 18.3 Å². The molecule has 0 spiro atoms. The number of amides is 1. The average molecular weight is 415 g/mol. The largest absolute Gasteiger partial charge is 0.366 e. The van der Waals surface area contributed by atoms with E-state index < -0.39 is 0 Å². The van der Waals surface area contributed by atoms with Crippen LogP contribution in [0.4, 0.5) is 10.1 Å². The third kappa shape index (κ3) is 3.52. The van der Waals surface area contributed by atoms with E-state index in [1.807, 2.05) is 63.9 Å². The molecule has 5 rings (SSSR count). The SMILES string of the molecule is Cn1c(-c2cccc(C(=O)N3CCN(c4ccccc4F)CC3)c2)nc2cccnc21. The summed E-state index contributed by atoms with van der Waals surface area (Å²) in [7, 11) is 1.92. The van der Waals surface area contributed by atoms with Crippen molar-refractivity contribution in [3.63, 3.8) is 0 Å². The normalized spacial score (nSPS) is 14.3. The van der Waals surface area contributed by atoms with E-state index in [2.05, 4.69) is 9.97 Å². The topological polar surface area (TPSA) is 54.3 Å². The Hall–Kier alpha value is -3.74. The van der Waals surface area contributed by atoms with Crippen molar-refractivity contribution in [1.82, 2.24) is 19.4 Å². The molecule has 1 aliphatic heterocycles. The number of imidazole rings is 1. The van der Waals surface area contributed by atoms with Crippen molar-refractivity contribution >= 4 is 22.8 Å². The smallest absolute Gasteiger partial charge is 0.253 e. The summed E-state index contributed by atoms with van der Waals surface area (Å²) in [5.41, 5.74) is 3.71. The van der Waals surface area contributed by atoms with Gasteiger partial charge in [0.25, 0.3) is 5.91 Å². The molecule has 1 aliphatic rings. The van der Waals surface area contributed by atoms with Crippen molar-refractivity contribution in [3.05, 3.63) is 78.2 Å². The predicted molar refractivity (Wildman–Crippen MR) is 118 cm³/mol. The van der Waals surface area contributed by atoms with Crippen molar-refractivity contribution < 1.29 is 9.18 Å². The Labute approximate surface area is 179 Å². The second kappa shape index (κ2) is 7.83. The van der Waals surface area contributed by atoms with Crippen molar-refractivity contribution in [3.8, 4) is 11.4 Å². The first-order valence-electron chi connectivity index (χ1n) is 10.3. The molecule has 0 bridgehead atoms. The molecule has 31 heavy (non-hydrogen) atoms. The number of aryl methyl sites for hydroxylation is 1. The number of aromatic nitrogens is 3. The summed E-state index contributed by atoms with van der Waals surface area (Å²) in [6.07, 6.45) is 1.74. The highest BCUT2D eigenvalue weighted by Gasteiger charge is 2.24. The van der Waals surface area contributed by atoms with Crippen molar-refractivity contribution in [2.75, 3.05) is 31.1 Å². The van der Waals surface area contributed by atoms with E-state index in [0.717, 1.165) is 22.6 Å². The Morgan fingerprint density at radius 3 is 2.55 bits per heavy atom. The minimum Gasteiger partial charge on any atom is -0.366 e. The maximum Gasteiger partial charge on any atom is 0.253 e. The Bertz CT molecular complexity index is 1260. The number of para-hydroxylation sites is 1. The molecule has 0 saturated carbocycles. The van der Waals surface area contributed by atoms with Gasteiger partial charge in [-0.2, -0.15) is 0 Å². The molecule has 0 atom stereocenters. The fourth-order valence-corrected chi connectivity index (χ4v) is 4.11. The Morgan fingerprint density at radius 2 is 1.77 bits per heavy atom. The summed E-state index contributed by atoms with van der Waals surface area (Å²) < 4.78 is 16.0. The molecule has 6 nitrogen and oxygen atoms in total. The number of halogens is 1. The fraction of sp³-hybridized carbons (Fsp3) is 0.208. The maximum absolute atomic E-state index is 14.1. The van der Waals surface area contributed by atoms with Gasteiger partial charge in [0, 0.05) is 50.6 Å². The number of hydrogen-bond donors (Lipinski definition) is 0. The lowest BCUT2D eigenvalue weighted by molar-refractivity contribution is 0.0746. The van der Waals surface area contributed by atoms with Crippen molar-refractivity contribution in [2.45, 2.75) is 0 Å². The summed E-state index contributed by atoms with van der Waals surface area (Å²) in [6.45, 7) is 2.30. The lowest BCUT2D eigenvalue weighted by Crippen LogP contribution is -2.49. The highest BCUT2D eigenvalue weighted by molar-refractivity contribution is 5.95. The molecule has 2 aromatic carbocycles. The van der Waals surface area contributed by atoms with Gasteiger partial charge in [-0.25, -0.2) is 14.4 Å². The number of piperazine rings is 1. The van der Waals surface area contributed by atoms with E-state index in [0.29, 0.717) is 37.4 Å². The van der Waals surface area contributed by atoms with Crippen molar-refractivity contribution in [1.29, 1.82) is 0 Å². The van der Waals surface area contributed by atoms with Crippen LogP contribution in [-0.2, 0) is 7.05 Å². The molecule has 2 aromatic heterocycles. The van der Waals surface area contributed by atoms with Crippen molar-refractivity contribution in [2.24, 2.45) is 7.05 Å². The molecule has 0 N–H and O–H groups in total. The van der Waals surface area contributed by atoms with E-state index in [9.17, 15) is 9.18 Å². The molecule has 1 fully saturated rings. The summed E-state index contributed by atoms with van der Waals surface area (Å²) in [5, 5.41) is 0. The molecule has 1 amide bonds. The number of carbonyl (C=O) groups excluding carboxylic acids is 1. The zero-order valence-electron chi connectivity index (χ0n) is 17.2. The number of fused-ring (bicyclic) bond motifs is 1. The minimum absolute atomic E-state index is 0.0214. The molecule has 7 heteroatoms. The molecule has 3 heterocycles. The van der Waals surface area contributed by atoms with Gasteiger partial charge in [-0.3, -0.25) is 4.79 Å². The first kappa shape index (κ1) is 19.2. The van der Waals surface area contributed by atoms with Crippen LogP contribution in [0.1, 0.15) is 10.4 Å². The van der Waals surface area contributed by atoms with E-state index in [1.165, 1.54) is 6.07 Å². The van der Waals surface area contributed by atoms with Crippen LogP contribution in [0.5, 0.6) is 0 Å². The summed E-state index contributed by atoms with van der Waals surface area (Å²) in [4.78, 5) is 26.0. The number of carbonyl (C=O) groups is 1. The van der Waals surface area contributed by atoms with Crippen LogP contribution in [0.25, 0.3) is 22.6 Å². The molecule has 0 aliphatic carbocycles. The molecule has 0 unspecified atom stereocenters. The second-order valence-electron chi connectivity index (χ2n) is 7.65. The number of nitrogens with zero attached hydrogens (tertiary/aromatic N) is 5. The van der Waals surface area contributed by atoms with Crippen LogP contribution in [0, 0.1) is 5.82 Å². The lowest BCUT2D eigenvalue weighted by atomic mass is 10.1. The number of rotatable bonds is 3. The highest BCUT2D eigenvalue weighted by atomic mass is 19.1. The van der Waals surface area contributed by atoms with Crippen LogP contribution in [0.3, 0.4) is 0 Å². The number of benzene rings is 2. The number of pyridine rings is 1. The van der Waals surface area contributed by atoms with E-state index in [-0.39, 0.29) is 11.7 Å². The van der Waals surface area contributed by atoms with E-state index in [4.69, 9.17) is 0 Å². The molecular weight excluding hydrogens is 393 g/mol. The van der Waals surface area contributed by atoms with Gasteiger partial charge in [-0.1, -0.05) is 24.3 Å². The van der Waals surface area contributed by atoms with Gasteiger partial charge >= 0.3 is 0 Å². The maximum atomic E-state index is 14.1. The summed E-state index contributed by atoms with van der Waals surface area (Å²) >= 11 is 0. The molecule has 1 saturated heterocycles. The van der Waals surface area contributed by atoms with Crippen LogP contribution in [0.15, 0.2) is 66.9 Å². The van der Waals surface area contributed by atoms with E-state index >= 15 is 0 Å². The third-order valence-electron chi connectivity index (χ3n) is 5.76. The molecule has 0 radical (unpaired) electrons. The Balaban J connectivity index is 1.35. The van der Waals surface area contributed by atoms with Gasteiger partial charge in [0.15, 0.2) is 5.65 Å². The van der Waals surface area contributed by atoms with Gasteiger partial charge in [0.2, 0.25) is 0 Å².